The van der Waals surface area contributed by atoms with Crippen LogP contribution in [0.1, 0.15) is 18.9 Å². The van der Waals surface area contributed by atoms with Gasteiger partial charge in [0, 0.05) is 11.4 Å². The average molecular weight is 261 g/mol. The summed E-state index contributed by atoms with van der Waals surface area (Å²) in [5.74, 6) is 0.215. The molecule has 3 nitrogen and oxygen atoms in total. The van der Waals surface area contributed by atoms with E-state index in [1.807, 2.05) is 0 Å². The molecule has 0 aliphatic carbocycles. The van der Waals surface area contributed by atoms with Crippen molar-refractivity contribution in [3.05, 3.63) is 41.1 Å². The molecule has 0 fully saturated rings. The fraction of sp³-hybridized carbons (Fsp3) is 0.273. The minimum atomic E-state index is -3.77. The first-order chi connectivity index (χ1) is 7.36. The van der Waals surface area contributed by atoms with Gasteiger partial charge in [-0.05, 0) is 30.7 Å². The monoisotopic (exact) mass is 260 g/mol. The van der Waals surface area contributed by atoms with Crippen molar-refractivity contribution in [1.82, 2.24) is 0 Å². The van der Waals surface area contributed by atoms with Crippen LogP contribution in [-0.4, -0.2) is 8.42 Å². The third kappa shape index (κ3) is 3.00. The van der Waals surface area contributed by atoms with Crippen LogP contribution in [0.4, 0.5) is 0 Å². The van der Waals surface area contributed by atoms with Gasteiger partial charge in [-0.1, -0.05) is 25.1 Å². The Morgan fingerprint density at radius 3 is 2.62 bits per heavy atom. The lowest BCUT2D eigenvalue weighted by Gasteiger charge is -2.08. The van der Waals surface area contributed by atoms with Gasteiger partial charge in [-0.15, -0.1) is 0 Å². The van der Waals surface area contributed by atoms with Crippen molar-refractivity contribution >= 4 is 21.7 Å². The average Bonchev–Trinajstić information content (AvgIpc) is 2.21. The lowest BCUT2D eigenvalue weighted by atomic mass is 10.2. The first kappa shape index (κ1) is 13.1. The summed E-state index contributed by atoms with van der Waals surface area (Å²) in [5.41, 5.74) is 0.688. The molecule has 0 spiro atoms. The Bertz CT molecular complexity index is 506. The van der Waals surface area contributed by atoms with Gasteiger partial charge in [0.25, 0.3) is 0 Å². The maximum absolute atomic E-state index is 11.7. The summed E-state index contributed by atoms with van der Waals surface area (Å²) in [5, 5.41) is 0.522. The second kappa shape index (κ2) is 4.89. The largest absolute Gasteiger partial charge is 0.384 e. The molecule has 0 aliphatic heterocycles. The zero-order chi connectivity index (χ0) is 12.3. The van der Waals surface area contributed by atoms with E-state index in [0.29, 0.717) is 17.0 Å². The molecule has 0 saturated heterocycles. The predicted octanol–water partition coefficient (Wildman–Crippen LogP) is 3.28. The smallest absolute Gasteiger partial charge is 0.338 e. The summed E-state index contributed by atoms with van der Waals surface area (Å²) in [6.07, 6.45) is 0.450. The minimum Gasteiger partial charge on any atom is -0.384 e. The number of allylic oxidation sites excluding steroid dienone is 1. The Hall–Kier alpha value is -1.00. The number of hydrogen-bond donors (Lipinski definition) is 0. The summed E-state index contributed by atoms with van der Waals surface area (Å²) in [6.45, 7) is 7.00. The first-order valence-electron chi connectivity index (χ1n) is 4.75. The lowest BCUT2D eigenvalue weighted by molar-refractivity contribution is 0.397. The van der Waals surface area contributed by atoms with Crippen LogP contribution in [-0.2, 0) is 14.3 Å². The highest BCUT2D eigenvalue weighted by Crippen LogP contribution is 2.22. The van der Waals surface area contributed by atoms with Crippen LogP contribution in [0.25, 0.3) is 0 Å². The fourth-order valence-corrected chi connectivity index (χ4v) is 2.23. The Morgan fingerprint density at radius 2 is 2.12 bits per heavy atom. The van der Waals surface area contributed by atoms with Crippen molar-refractivity contribution in [3.63, 3.8) is 0 Å². The van der Waals surface area contributed by atoms with Gasteiger partial charge in [0.15, 0.2) is 0 Å². The minimum absolute atomic E-state index is 0.0870. The SMILES string of the molecule is C=C(CC)OS(=O)(=O)c1ccc(Cl)c(C)c1. The molecule has 0 amide bonds. The van der Waals surface area contributed by atoms with Crippen molar-refractivity contribution in [3.8, 4) is 0 Å². The molecule has 0 aliphatic rings. The molecular formula is C11H13ClO3S. The van der Waals surface area contributed by atoms with E-state index in [9.17, 15) is 8.42 Å². The van der Waals surface area contributed by atoms with Crippen LogP contribution in [0.3, 0.4) is 0 Å². The van der Waals surface area contributed by atoms with Gasteiger partial charge < -0.3 is 4.18 Å². The molecule has 0 radical (unpaired) electrons. The van der Waals surface area contributed by atoms with E-state index >= 15 is 0 Å². The summed E-state index contributed by atoms with van der Waals surface area (Å²) >= 11 is 5.81. The van der Waals surface area contributed by atoms with Crippen LogP contribution >= 0.6 is 11.6 Å². The predicted molar refractivity (Wildman–Crippen MR) is 63.9 cm³/mol. The van der Waals surface area contributed by atoms with Gasteiger partial charge in [-0.3, -0.25) is 0 Å². The lowest BCUT2D eigenvalue weighted by Crippen LogP contribution is -2.05. The fourth-order valence-electron chi connectivity index (χ4n) is 1.03. The van der Waals surface area contributed by atoms with Gasteiger partial charge in [0.2, 0.25) is 0 Å². The zero-order valence-corrected chi connectivity index (χ0v) is 10.7. The van der Waals surface area contributed by atoms with Gasteiger partial charge >= 0.3 is 10.1 Å². The first-order valence-corrected chi connectivity index (χ1v) is 6.54. The highest BCUT2D eigenvalue weighted by Gasteiger charge is 2.17. The van der Waals surface area contributed by atoms with E-state index in [1.165, 1.54) is 18.2 Å². The second-order valence-corrected chi connectivity index (χ2v) is 5.29. The van der Waals surface area contributed by atoms with Gasteiger partial charge in [0.05, 0.1) is 0 Å². The topological polar surface area (TPSA) is 43.4 Å². The van der Waals surface area contributed by atoms with Crippen LogP contribution < -0.4 is 0 Å². The Kier molecular flexibility index (Phi) is 3.99. The van der Waals surface area contributed by atoms with Gasteiger partial charge in [-0.25, -0.2) is 0 Å². The molecule has 1 rings (SSSR count). The molecule has 0 heterocycles. The molecule has 16 heavy (non-hydrogen) atoms. The summed E-state index contributed by atoms with van der Waals surface area (Å²) < 4.78 is 28.3. The molecule has 1 aromatic carbocycles. The zero-order valence-electron chi connectivity index (χ0n) is 9.16. The van der Waals surface area contributed by atoms with Crippen molar-refractivity contribution < 1.29 is 12.6 Å². The van der Waals surface area contributed by atoms with Crippen LogP contribution in [0.5, 0.6) is 0 Å². The number of rotatable bonds is 4. The molecule has 0 bridgehead atoms. The Labute approximate surface area is 101 Å². The standard InChI is InChI=1S/C11H13ClO3S/c1-4-9(3)15-16(13,14)10-5-6-11(12)8(2)7-10/h5-7H,3-4H2,1-2H3. The molecule has 1 aromatic rings. The van der Waals surface area contributed by atoms with E-state index in [1.54, 1.807) is 13.8 Å². The summed E-state index contributed by atoms with van der Waals surface area (Å²) in [6, 6.07) is 4.41. The van der Waals surface area contributed by atoms with Crippen molar-refractivity contribution in [2.45, 2.75) is 25.2 Å². The van der Waals surface area contributed by atoms with E-state index in [-0.39, 0.29) is 10.7 Å². The van der Waals surface area contributed by atoms with E-state index < -0.39 is 10.1 Å². The van der Waals surface area contributed by atoms with Crippen LogP contribution in [0.2, 0.25) is 5.02 Å². The number of aryl methyl sites for hydroxylation is 1. The van der Waals surface area contributed by atoms with Crippen molar-refractivity contribution in [2.75, 3.05) is 0 Å². The normalized spacial score (nSPS) is 11.2. The number of halogens is 1. The highest BCUT2D eigenvalue weighted by molar-refractivity contribution is 7.86. The molecule has 0 N–H and O–H groups in total. The summed E-state index contributed by atoms with van der Waals surface area (Å²) in [7, 11) is -3.77. The third-order valence-corrected chi connectivity index (χ3v) is 3.75. The number of benzene rings is 1. The molecule has 5 heteroatoms. The molecular weight excluding hydrogens is 248 g/mol. The Balaban J connectivity index is 3.08. The molecule has 0 unspecified atom stereocenters. The Morgan fingerprint density at radius 1 is 1.50 bits per heavy atom. The van der Waals surface area contributed by atoms with E-state index in [0.717, 1.165) is 0 Å². The van der Waals surface area contributed by atoms with Crippen molar-refractivity contribution in [2.24, 2.45) is 0 Å². The number of hydrogen-bond acceptors (Lipinski definition) is 3. The molecule has 88 valence electrons. The van der Waals surface area contributed by atoms with Crippen molar-refractivity contribution in [1.29, 1.82) is 0 Å². The quantitative estimate of drug-likeness (QED) is 0.616. The molecule has 0 saturated carbocycles. The van der Waals surface area contributed by atoms with E-state index in [2.05, 4.69) is 6.58 Å². The highest BCUT2D eigenvalue weighted by atomic mass is 35.5. The third-order valence-electron chi connectivity index (χ3n) is 2.04. The maximum atomic E-state index is 11.7. The van der Waals surface area contributed by atoms with Gasteiger partial charge in [0.1, 0.15) is 10.7 Å². The molecule has 0 aromatic heterocycles. The van der Waals surface area contributed by atoms with Gasteiger partial charge in [-0.2, -0.15) is 8.42 Å². The van der Waals surface area contributed by atoms with Crippen LogP contribution in [0, 0.1) is 6.92 Å². The molecule has 0 atom stereocenters. The second-order valence-electron chi connectivity index (χ2n) is 3.34. The van der Waals surface area contributed by atoms with E-state index in [4.69, 9.17) is 15.8 Å². The van der Waals surface area contributed by atoms with Crippen LogP contribution in [0.15, 0.2) is 35.4 Å². The summed E-state index contributed by atoms with van der Waals surface area (Å²) in [4.78, 5) is 0.0870. The maximum Gasteiger partial charge on any atom is 0.338 e.